The van der Waals surface area contributed by atoms with E-state index in [1.54, 1.807) is 7.11 Å². The third-order valence-corrected chi connectivity index (χ3v) is 20.0. The van der Waals surface area contributed by atoms with Gasteiger partial charge in [0.2, 0.25) is 0 Å². The molecule has 2 unspecified atom stereocenters. The van der Waals surface area contributed by atoms with E-state index < -0.39 is 32.6 Å². The number of allylic oxidation sites excluding steroid dienone is 1. The van der Waals surface area contributed by atoms with Crippen LogP contribution in [0.2, 0.25) is 40.5 Å². The first-order chi connectivity index (χ1) is 20.7. The summed E-state index contributed by atoms with van der Waals surface area (Å²) in [6.45, 7) is 19.0. The molecular formula is C35H62O5S2SiSn. The van der Waals surface area contributed by atoms with Gasteiger partial charge in [-0.15, -0.1) is 0 Å². The molecule has 0 saturated carbocycles. The molecule has 1 heterocycles. The molecule has 1 aliphatic rings. The van der Waals surface area contributed by atoms with Crippen LogP contribution in [0, 0.1) is 11.8 Å². The molecule has 9 heteroatoms. The standard InChI is InChI=1S/C32H53O5S2Si.3CH3.Sn/c1-8-29(24-36-23-28-13-15-30(34-4)16-14-28)31(33)32(38-18-10-19-39-32)21-26(2)11-9-12-27(3)22-37-25-35-17-20-40(5,6)7;;;;/h12-16,26,29,31,33H,1,9-11,17-25H2,2-7H3;3*1H3;/b27-12+;;;;/t26-,29?,31?;;;;/m0..../s1. The number of rotatable bonds is 21. The van der Waals surface area contributed by atoms with Gasteiger partial charge in [-0.1, -0.05) is 19.6 Å². The van der Waals surface area contributed by atoms with Crippen molar-refractivity contribution in [2.24, 2.45) is 11.8 Å². The number of methoxy groups -OCH3 is 1. The zero-order chi connectivity index (χ0) is 32.8. The first-order valence-corrected chi connectivity index (χ1v) is 32.0. The number of thioether (sulfide) groups is 2. The third-order valence-electron chi connectivity index (χ3n) is 8.23. The van der Waals surface area contributed by atoms with Crippen molar-refractivity contribution in [1.82, 2.24) is 0 Å². The second-order valence-corrected chi connectivity index (χ2v) is 38.1. The predicted molar refractivity (Wildman–Crippen MR) is 199 cm³/mol. The van der Waals surface area contributed by atoms with Gasteiger partial charge in [0.05, 0.1) is 0 Å². The van der Waals surface area contributed by atoms with Crippen LogP contribution in [0.25, 0.3) is 0 Å². The van der Waals surface area contributed by atoms with Crippen molar-refractivity contribution >= 4 is 50.0 Å². The fourth-order valence-corrected chi connectivity index (χ4v) is 13.6. The van der Waals surface area contributed by atoms with E-state index in [-0.39, 0.29) is 10.00 Å². The van der Waals surface area contributed by atoms with Crippen molar-refractivity contribution in [2.75, 3.05) is 45.2 Å². The molecule has 3 atom stereocenters. The molecule has 44 heavy (non-hydrogen) atoms. The molecule has 1 saturated heterocycles. The van der Waals surface area contributed by atoms with E-state index in [1.807, 2.05) is 47.8 Å². The van der Waals surface area contributed by atoms with Crippen LogP contribution >= 0.6 is 23.5 Å². The Kier molecular flexibility index (Phi) is 18.1. The van der Waals surface area contributed by atoms with Crippen molar-refractivity contribution in [2.45, 2.75) is 96.8 Å². The Labute approximate surface area is 283 Å². The summed E-state index contributed by atoms with van der Waals surface area (Å²) in [4.78, 5) is 7.19. The van der Waals surface area contributed by atoms with Crippen molar-refractivity contribution < 1.29 is 24.1 Å². The monoisotopic (exact) mass is 774 g/mol. The van der Waals surface area contributed by atoms with Gasteiger partial charge in [0.15, 0.2) is 0 Å². The van der Waals surface area contributed by atoms with Gasteiger partial charge in [0.25, 0.3) is 0 Å². The summed E-state index contributed by atoms with van der Waals surface area (Å²) >= 11 is 1.41. The topological polar surface area (TPSA) is 57.2 Å². The molecule has 0 spiro atoms. The van der Waals surface area contributed by atoms with Crippen LogP contribution < -0.4 is 4.74 Å². The summed E-state index contributed by atoms with van der Waals surface area (Å²) in [5, 5.41) is 12.2. The molecule has 1 aromatic carbocycles. The Morgan fingerprint density at radius 3 is 2.34 bits per heavy atom. The molecule has 1 N–H and O–H groups in total. The fraction of sp³-hybridized carbons (Fsp3) is 0.714. The number of ether oxygens (including phenoxy) is 4. The molecule has 2 rings (SSSR count). The Morgan fingerprint density at radius 2 is 1.75 bits per heavy atom. The predicted octanol–water partition coefficient (Wildman–Crippen LogP) is 9.27. The van der Waals surface area contributed by atoms with E-state index in [2.05, 4.69) is 61.0 Å². The average Bonchev–Trinajstić information content (AvgIpc) is 2.96. The fourth-order valence-electron chi connectivity index (χ4n) is 5.23. The molecule has 0 bridgehead atoms. The Bertz CT molecular complexity index is 1000. The van der Waals surface area contributed by atoms with Gasteiger partial charge in [0, 0.05) is 14.7 Å². The Hall–Kier alpha value is 0.0556. The number of aliphatic hydroxyl groups is 1. The molecular weight excluding hydrogens is 711 g/mol. The van der Waals surface area contributed by atoms with Gasteiger partial charge < -0.3 is 4.74 Å². The Morgan fingerprint density at radius 1 is 1.09 bits per heavy atom. The van der Waals surface area contributed by atoms with Crippen LogP contribution in [0.4, 0.5) is 0 Å². The molecule has 0 amide bonds. The van der Waals surface area contributed by atoms with Crippen LogP contribution in [0.1, 0.15) is 45.1 Å². The van der Waals surface area contributed by atoms with E-state index in [0.29, 0.717) is 32.5 Å². The van der Waals surface area contributed by atoms with E-state index >= 15 is 0 Å². The molecule has 5 nitrogen and oxygen atoms in total. The number of aliphatic hydroxyl groups excluding tert-OH is 1. The van der Waals surface area contributed by atoms with Gasteiger partial charge in [-0.05, 0) is 6.04 Å². The quantitative estimate of drug-likeness (QED) is 0.0579. The molecule has 1 aliphatic heterocycles. The summed E-state index contributed by atoms with van der Waals surface area (Å²) in [5.74, 6) is 3.47. The van der Waals surface area contributed by atoms with Crippen LogP contribution in [-0.2, 0) is 20.8 Å². The maximum absolute atomic E-state index is 12.2. The second-order valence-electron chi connectivity index (χ2n) is 14.7. The van der Waals surface area contributed by atoms with E-state index in [1.165, 1.54) is 21.6 Å². The van der Waals surface area contributed by atoms with Crippen LogP contribution in [0.3, 0.4) is 0 Å². The van der Waals surface area contributed by atoms with Gasteiger partial charge in [-0.25, -0.2) is 0 Å². The maximum atomic E-state index is 12.2. The van der Waals surface area contributed by atoms with E-state index in [4.69, 9.17) is 18.9 Å². The SMILES string of the molecule is C=[C](C(COCc1ccc(OC)cc1)C(O)C1(C[C@@H](C)CC/C=C(\C)COCOCC[Si](C)(C)C)SCCCS1)[Sn]([CH3])([CH3])[CH3]. The third kappa shape index (κ3) is 14.9. The summed E-state index contributed by atoms with van der Waals surface area (Å²) in [6, 6.07) is 9.19. The van der Waals surface area contributed by atoms with Crippen LogP contribution in [0.5, 0.6) is 5.75 Å². The zero-order valence-electron chi connectivity index (χ0n) is 29.2. The molecule has 1 aromatic rings. The number of hydrogen-bond donors (Lipinski definition) is 1. The van der Waals surface area contributed by atoms with Crippen molar-refractivity contribution in [1.29, 1.82) is 0 Å². The number of hydrogen-bond acceptors (Lipinski definition) is 7. The van der Waals surface area contributed by atoms with Gasteiger partial charge in [-0.2, -0.15) is 0 Å². The van der Waals surface area contributed by atoms with Crippen molar-refractivity contribution in [3.8, 4) is 5.75 Å². The first-order valence-electron chi connectivity index (χ1n) is 16.3. The molecule has 1 fully saturated rings. The normalized spacial score (nSPS) is 18.1. The summed E-state index contributed by atoms with van der Waals surface area (Å²) in [7, 11) is 0.620. The molecule has 252 valence electrons. The van der Waals surface area contributed by atoms with Crippen molar-refractivity contribution in [3.05, 3.63) is 51.6 Å². The summed E-state index contributed by atoms with van der Waals surface area (Å²) < 4.78 is 24.1. The van der Waals surface area contributed by atoms with E-state index in [9.17, 15) is 5.11 Å². The summed E-state index contributed by atoms with van der Waals surface area (Å²) in [6.07, 6.45) is 6.12. The van der Waals surface area contributed by atoms with Crippen LogP contribution in [-0.4, -0.2) is 87.0 Å². The minimum atomic E-state index is -2.54. The van der Waals surface area contributed by atoms with Gasteiger partial charge in [0.1, 0.15) is 6.79 Å². The molecule has 0 aromatic heterocycles. The van der Waals surface area contributed by atoms with Gasteiger partial charge in [-0.3, -0.25) is 0 Å². The second kappa shape index (κ2) is 19.8. The minimum absolute atomic E-state index is 0.0541. The zero-order valence-corrected chi connectivity index (χ0v) is 34.7. The molecule has 0 radical (unpaired) electrons. The van der Waals surface area contributed by atoms with E-state index in [0.717, 1.165) is 48.7 Å². The first kappa shape index (κ1) is 40.2. The van der Waals surface area contributed by atoms with Crippen molar-refractivity contribution in [3.63, 3.8) is 0 Å². The molecule has 0 aliphatic carbocycles. The van der Waals surface area contributed by atoms with Crippen LogP contribution in [0.15, 0.2) is 46.1 Å². The Balaban J connectivity index is 1.99. The van der Waals surface area contributed by atoms with Gasteiger partial charge >= 0.3 is 233 Å². The average molecular weight is 774 g/mol. The summed E-state index contributed by atoms with van der Waals surface area (Å²) in [5.41, 5.74) is 2.36. The number of benzene rings is 1.